The van der Waals surface area contributed by atoms with Crippen LogP contribution in [0.2, 0.25) is 0 Å². The van der Waals surface area contributed by atoms with Gasteiger partial charge in [-0.2, -0.15) is 0 Å². The summed E-state index contributed by atoms with van der Waals surface area (Å²) in [6, 6.07) is 9.22. The Kier molecular flexibility index (Phi) is 4.79. The molecule has 1 aliphatic carbocycles. The van der Waals surface area contributed by atoms with Gasteiger partial charge >= 0.3 is 0 Å². The third kappa shape index (κ3) is 3.55. The molecule has 2 aromatic carbocycles. The zero-order valence-electron chi connectivity index (χ0n) is 13.4. The Balaban J connectivity index is 1.68. The molecule has 0 spiro atoms. The van der Waals surface area contributed by atoms with Gasteiger partial charge < -0.3 is 10.1 Å². The number of hydrogen-bond donors (Lipinski definition) is 1. The van der Waals surface area contributed by atoms with E-state index < -0.39 is 29.3 Å². The van der Waals surface area contributed by atoms with Crippen molar-refractivity contribution in [2.24, 2.45) is 0 Å². The Hall–Kier alpha value is -2.43. The first-order valence-corrected chi connectivity index (χ1v) is 8.08. The number of carbonyl (C=O) groups excluding carboxylic acids is 1. The van der Waals surface area contributed by atoms with Crippen molar-refractivity contribution in [3.8, 4) is 5.75 Å². The van der Waals surface area contributed by atoms with E-state index in [-0.39, 0.29) is 0 Å². The van der Waals surface area contributed by atoms with E-state index in [2.05, 4.69) is 5.32 Å². The monoisotopic (exact) mass is 331 g/mol. The fraction of sp³-hybridized carbons (Fsp3) is 0.316. The van der Waals surface area contributed by atoms with Gasteiger partial charge in [0, 0.05) is 0 Å². The van der Waals surface area contributed by atoms with Crippen LogP contribution in [0.15, 0.2) is 36.4 Å². The molecular weight excluding hydrogens is 312 g/mol. The number of para-hydroxylation sites is 1. The van der Waals surface area contributed by atoms with Crippen molar-refractivity contribution in [2.75, 3.05) is 5.32 Å². The minimum atomic E-state index is -0.870. The van der Waals surface area contributed by atoms with Crippen LogP contribution >= 0.6 is 0 Å². The lowest BCUT2D eigenvalue weighted by molar-refractivity contribution is -0.122. The fourth-order valence-corrected chi connectivity index (χ4v) is 2.88. The molecule has 24 heavy (non-hydrogen) atoms. The van der Waals surface area contributed by atoms with Crippen LogP contribution in [-0.2, 0) is 17.6 Å². The van der Waals surface area contributed by atoms with E-state index in [9.17, 15) is 13.6 Å². The number of ether oxygens (including phenoxy) is 1. The molecule has 0 saturated heterocycles. The Morgan fingerprint density at radius 2 is 1.75 bits per heavy atom. The number of anilines is 1. The number of carbonyl (C=O) groups is 1. The number of nitrogens with one attached hydrogen (secondary N) is 1. The van der Waals surface area contributed by atoms with Gasteiger partial charge in [-0.25, -0.2) is 8.78 Å². The standard InChI is InChI=1S/C19H19F2NO2/c1-12(19(23)22-18-16(20)7-4-8-17(18)21)24-15-10-9-13-5-2-3-6-14(13)11-15/h4,7-12H,2-3,5-6H2,1H3,(H,22,23)/t12-/m0/s1. The Labute approximate surface area is 139 Å². The number of benzene rings is 2. The van der Waals surface area contributed by atoms with Crippen LogP contribution in [0, 0.1) is 11.6 Å². The van der Waals surface area contributed by atoms with Crippen molar-refractivity contribution < 1.29 is 18.3 Å². The van der Waals surface area contributed by atoms with Crippen LogP contribution in [0.5, 0.6) is 5.75 Å². The highest BCUT2D eigenvalue weighted by Gasteiger charge is 2.19. The van der Waals surface area contributed by atoms with Crippen LogP contribution in [0.3, 0.4) is 0 Å². The molecule has 0 saturated carbocycles. The van der Waals surface area contributed by atoms with E-state index in [0.717, 1.165) is 31.4 Å². The van der Waals surface area contributed by atoms with Gasteiger partial charge in [0.25, 0.3) is 5.91 Å². The van der Waals surface area contributed by atoms with Gasteiger partial charge in [0.15, 0.2) is 6.10 Å². The summed E-state index contributed by atoms with van der Waals surface area (Å²) < 4.78 is 32.8. The van der Waals surface area contributed by atoms with Crippen LogP contribution in [0.4, 0.5) is 14.5 Å². The van der Waals surface area contributed by atoms with Crippen LogP contribution < -0.4 is 10.1 Å². The Morgan fingerprint density at radius 3 is 2.46 bits per heavy atom. The van der Waals surface area contributed by atoms with Crippen LogP contribution in [-0.4, -0.2) is 12.0 Å². The summed E-state index contributed by atoms with van der Waals surface area (Å²) in [5, 5.41) is 2.25. The normalized spacial score (nSPS) is 14.6. The third-order valence-corrected chi connectivity index (χ3v) is 4.21. The maximum Gasteiger partial charge on any atom is 0.265 e. The van der Waals surface area contributed by atoms with Crippen LogP contribution in [0.1, 0.15) is 30.9 Å². The molecule has 0 fully saturated rings. The zero-order chi connectivity index (χ0) is 17.1. The number of amides is 1. The Morgan fingerprint density at radius 1 is 1.08 bits per heavy atom. The first kappa shape index (κ1) is 16.4. The number of fused-ring (bicyclic) bond motifs is 1. The average Bonchev–Trinajstić information content (AvgIpc) is 2.58. The van der Waals surface area contributed by atoms with Crippen molar-refractivity contribution in [3.63, 3.8) is 0 Å². The topological polar surface area (TPSA) is 38.3 Å². The summed E-state index contributed by atoms with van der Waals surface area (Å²) in [6.45, 7) is 1.55. The second-order valence-electron chi connectivity index (χ2n) is 5.98. The molecule has 0 bridgehead atoms. The minimum Gasteiger partial charge on any atom is -0.481 e. The van der Waals surface area contributed by atoms with Gasteiger partial charge in [-0.1, -0.05) is 12.1 Å². The fourth-order valence-electron chi connectivity index (χ4n) is 2.88. The second kappa shape index (κ2) is 6.99. The predicted octanol–water partition coefficient (Wildman–Crippen LogP) is 4.25. The van der Waals surface area contributed by atoms with E-state index in [4.69, 9.17) is 4.74 Å². The number of halogens is 2. The second-order valence-corrected chi connectivity index (χ2v) is 5.98. The molecule has 1 atom stereocenters. The first-order chi connectivity index (χ1) is 11.5. The molecular formula is C19H19F2NO2. The van der Waals surface area contributed by atoms with Gasteiger partial charge in [-0.3, -0.25) is 4.79 Å². The summed E-state index contributed by atoms with van der Waals surface area (Å²) in [5.74, 6) is -1.64. The molecule has 126 valence electrons. The van der Waals surface area contributed by atoms with Crippen molar-refractivity contribution in [2.45, 2.75) is 38.7 Å². The number of hydrogen-bond acceptors (Lipinski definition) is 2. The lowest BCUT2D eigenvalue weighted by Gasteiger charge is -2.19. The van der Waals surface area contributed by atoms with Gasteiger partial charge in [0.2, 0.25) is 0 Å². The minimum absolute atomic E-state index is 0.455. The van der Waals surface area contributed by atoms with Crippen LogP contribution in [0.25, 0.3) is 0 Å². The van der Waals surface area contributed by atoms with E-state index >= 15 is 0 Å². The summed E-state index contributed by atoms with van der Waals surface area (Å²) in [6.07, 6.45) is 3.55. The average molecular weight is 331 g/mol. The van der Waals surface area contributed by atoms with E-state index in [1.165, 1.54) is 23.6 Å². The molecule has 0 aliphatic heterocycles. The SMILES string of the molecule is C[C@H](Oc1ccc2c(c1)CCCC2)C(=O)Nc1c(F)cccc1F. The van der Waals surface area contributed by atoms with Crippen molar-refractivity contribution in [1.29, 1.82) is 0 Å². The van der Waals surface area contributed by atoms with Gasteiger partial charge in [0.05, 0.1) is 0 Å². The lowest BCUT2D eigenvalue weighted by atomic mass is 9.92. The molecule has 1 aliphatic rings. The molecule has 1 amide bonds. The molecule has 0 radical (unpaired) electrons. The molecule has 1 N–H and O–H groups in total. The molecule has 0 aromatic heterocycles. The summed E-state index contributed by atoms with van der Waals surface area (Å²) in [7, 11) is 0. The quantitative estimate of drug-likeness (QED) is 0.909. The molecule has 3 rings (SSSR count). The van der Waals surface area contributed by atoms with Crippen molar-refractivity contribution in [1.82, 2.24) is 0 Å². The molecule has 3 nitrogen and oxygen atoms in total. The first-order valence-electron chi connectivity index (χ1n) is 8.08. The maximum absolute atomic E-state index is 13.6. The lowest BCUT2D eigenvalue weighted by Crippen LogP contribution is -2.31. The summed E-state index contributed by atoms with van der Waals surface area (Å²) in [5.41, 5.74) is 2.11. The van der Waals surface area contributed by atoms with E-state index in [0.29, 0.717) is 5.75 Å². The predicted molar refractivity (Wildman–Crippen MR) is 88.2 cm³/mol. The number of aryl methyl sites for hydroxylation is 2. The summed E-state index contributed by atoms with van der Waals surface area (Å²) >= 11 is 0. The molecule has 2 aromatic rings. The highest BCUT2D eigenvalue weighted by molar-refractivity contribution is 5.94. The van der Waals surface area contributed by atoms with E-state index in [1.54, 1.807) is 6.92 Å². The van der Waals surface area contributed by atoms with Gasteiger partial charge in [0.1, 0.15) is 23.1 Å². The highest BCUT2D eigenvalue weighted by Crippen LogP contribution is 2.26. The number of rotatable bonds is 4. The van der Waals surface area contributed by atoms with Crippen molar-refractivity contribution in [3.05, 3.63) is 59.2 Å². The largest absolute Gasteiger partial charge is 0.481 e. The third-order valence-electron chi connectivity index (χ3n) is 4.21. The zero-order valence-corrected chi connectivity index (χ0v) is 13.4. The van der Waals surface area contributed by atoms with E-state index in [1.807, 2.05) is 18.2 Å². The Bertz CT molecular complexity index is 741. The van der Waals surface area contributed by atoms with Gasteiger partial charge in [-0.05, 0) is 68.0 Å². The smallest absolute Gasteiger partial charge is 0.265 e. The maximum atomic E-state index is 13.6. The highest BCUT2D eigenvalue weighted by atomic mass is 19.1. The van der Waals surface area contributed by atoms with Gasteiger partial charge in [-0.15, -0.1) is 0 Å². The summed E-state index contributed by atoms with van der Waals surface area (Å²) in [4.78, 5) is 12.1. The van der Waals surface area contributed by atoms with Crippen molar-refractivity contribution >= 4 is 11.6 Å². The molecule has 0 unspecified atom stereocenters. The molecule has 0 heterocycles. The molecule has 5 heteroatoms.